The second-order valence-electron chi connectivity index (χ2n) is 8.61. The van der Waals surface area contributed by atoms with Crippen molar-refractivity contribution in [2.24, 2.45) is 0 Å². The normalized spacial score (nSPS) is 19.5. The topological polar surface area (TPSA) is 63.7 Å². The van der Waals surface area contributed by atoms with Crippen molar-refractivity contribution in [2.45, 2.75) is 49.5 Å². The highest BCUT2D eigenvalue weighted by molar-refractivity contribution is 7.89. The van der Waals surface area contributed by atoms with E-state index in [0.29, 0.717) is 36.4 Å². The van der Waals surface area contributed by atoms with Crippen LogP contribution in [0, 0.1) is 0 Å². The van der Waals surface area contributed by atoms with Crippen LogP contribution in [0.25, 0.3) is 0 Å². The molecule has 0 saturated carbocycles. The molecule has 28 heavy (non-hydrogen) atoms. The molecular weight excluding hydrogens is 374 g/mol. The summed E-state index contributed by atoms with van der Waals surface area (Å²) in [6.45, 7) is 6.94. The van der Waals surface area contributed by atoms with Crippen LogP contribution in [0.2, 0.25) is 0 Å². The first-order valence-corrected chi connectivity index (χ1v) is 11.0. The van der Waals surface area contributed by atoms with Crippen molar-refractivity contribution in [3.05, 3.63) is 65.2 Å². The number of carbonyl (C=O) groups is 1. The van der Waals surface area contributed by atoms with Crippen molar-refractivity contribution in [3.8, 4) is 0 Å². The van der Waals surface area contributed by atoms with Gasteiger partial charge in [-0.2, -0.15) is 4.31 Å². The van der Waals surface area contributed by atoms with Crippen LogP contribution in [0.15, 0.2) is 53.4 Å². The van der Waals surface area contributed by atoms with Gasteiger partial charge in [-0.3, -0.25) is 0 Å². The summed E-state index contributed by atoms with van der Waals surface area (Å²) in [6, 6.07) is 14.5. The second kappa shape index (κ2) is 6.42. The molecule has 2 aliphatic rings. The molecule has 0 aromatic heterocycles. The van der Waals surface area contributed by atoms with Crippen molar-refractivity contribution < 1.29 is 17.9 Å². The maximum Gasteiger partial charge on any atom is 0.339 e. The maximum absolute atomic E-state index is 13.1. The lowest BCUT2D eigenvalue weighted by molar-refractivity contribution is -0.0329. The van der Waals surface area contributed by atoms with Gasteiger partial charge in [0.2, 0.25) is 10.0 Å². The molecule has 2 aliphatic heterocycles. The van der Waals surface area contributed by atoms with Gasteiger partial charge in [-0.25, -0.2) is 13.2 Å². The molecule has 0 atom stereocenters. The Morgan fingerprint density at radius 2 is 1.57 bits per heavy atom. The third-order valence-corrected chi connectivity index (χ3v) is 7.73. The van der Waals surface area contributed by atoms with Crippen LogP contribution in [0.3, 0.4) is 0 Å². The van der Waals surface area contributed by atoms with Crippen molar-refractivity contribution >= 4 is 16.0 Å². The molecule has 148 valence electrons. The molecule has 1 spiro atoms. The van der Waals surface area contributed by atoms with Gasteiger partial charge >= 0.3 is 5.97 Å². The van der Waals surface area contributed by atoms with Gasteiger partial charge in [0, 0.05) is 31.5 Å². The van der Waals surface area contributed by atoms with Gasteiger partial charge in [0.1, 0.15) is 5.60 Å². The summed E-state index contributed by atoms with van der Waals surface area (Å²) in [5.74, 6) is -0.315. The number of nitrogens with zero attached hydrogens (tertiary/aromatic N) is 1. The highest BCUT2D eigenvalue weighted by atomic mass is 32.2. The van der Waals surface area contributed by atoms with Crippen LogP contribution < -0.4 is 0 Å². The standard InChI is InChI=1S/C22H25NO4S/c1-21(2,3)16-8-10-17(11-9-16)28(25,26)23-14-12-22(13-15-23)19-7-5-4-6-18(19)20(24)27-22/h4-11H,12-15H2,1-3H3. The number of esters is 1. The van der Waals surface area contributed by atoms with Gasteiger partial charge in [0.15, 0.2) is 0 Å². The van der Waals surface area contributed by atoms with Gasteiger partial charge in [-0.1, -0.05) is 51.1 Å². The van der Waals surface area contributed by atoms with E-state index in [9.17, 15) is 13.2 Å². The van der Waals surface area contributed by atoms with E-state index in [4.69, 9.17) is 4.74 Å². The van der Waals surface area contributed by atoms with E-state index in [1.807, 2.05) is 30.3 Å². The number of sulfonamides is 1. The Bertz CT molecular complexity index is 1010. The average molecular weight is 400 g/mol. The molecule has 4 rings (SSSR count). The summed E-state index contributed by atoms with van der Waals surface area (Å²) < 4.78 is 33.4. The average Bonchev–Trinajstić information content (AvgIpc) is 2.94. The lowest BCUT2D eigenvalue weighted by Crippen LogP contribution is -2.45. The fourth-order valence-corrected chi connectivity index (χ4v) is 5.52. The van der Waals surface area contributed by atoms with Crippen LogP contribution in [-0.4, -0.2) is 31.8 Å². The van der Waals surface area contributed by atoms with Crippen LogP contribution >= 0.6 is 0 Å². The van der Waals surface area contributed by atoms with E-state index in [1.54, 1.807) is 18.2 Å². The number of hydrogen-bond donors (Lipinski definition) is 0. The first-order valence-electron chi connectivity index (χ1n) is 9.57. The van der Waals surface area contributed by atoms with Gasteiger partial charge < -0.3 is 4.74 Å². The predicted octanol–water partition coefficient (Wildman–Crippen LogP) is 3.83. The van der Waals surface area contributed by atoms with E-state index < -0.39 is 15.6 Å². The monoisotopic (exact) mass is 399 g/mol. The summed E-state index contributed by atoms with van der Waals surface area (Å²) in [7, 11) is -3.57. The Morgan fingerprint density at radius 1 is 0.964 bits per heavy atom. The predicted molar refractivity (Wildman–Crippen MR) is 107 cm³/mol. The van der Waals surface area contributed by atoms with E-state index in [0.717, 1.165) is 11.1 Å². The minimum Gasteiger partial charge on any atom is -0.450 e. The molecule has 1 saturated heterocycles. The van der Waals surface area contributed by atoms with E-state index in [1.165, 1.54) is 4.31 Å². The third-order valence-electron chi connectivity index (χ3n) is 5.81. The number of hydrogen-bond acceptors (Lipinski definition) is 4. The Kier molecular flexibility index (Phi) is 4.39. The molecule has 2 heterocycles. The number of carbonyl (C=O) groups excluding carboxylic acids is 1. The SMILES string of the molecule is CC(C)(C)c1ccc(S(=O)(=O)N2CCC3(CC2)OC(=O)c2ccccc23)cc1. The van der Waals surface area contributed by atoms with Crippen LogP contribution in [-0.2, 0) is 25.8 Å². The molecule has 0 amide bonds. The van der Waals surface area contributed by atoms with Crippen molar-refractivity contribution in [2.75, 3.05) is 13.1 Å². The zero-order chi connectivity index (χ0) is 20.2. The highest BCUT2D eigenvalue weighted by Crippen LogP contribution is 2.44. The zero-order valence-corrected chi connectivity index (χ0v) is 17.3. The Morgan fingerprint density at radius 3 is 2.18 bits per heavy atom. The fourth-order valence-electron chi connectivity index (χ4n) is 4.08. The van der Waals surface area contributed by atoms with E-state index in [-0.39, 0.29) is 11.4 Å². The minimum absolute atomic E-state index is 0.0282. The molecule has 0 bridgehead atoms. The van der Waals surface area contributed by atoms with Crippen molar-refractivity contribution in [1.29, 1.82) is 0 Å². The quantitative estimate of drug-likeness (QED) is 0.720. The largest absolute Gasteiger partial charge is 0.450 e. The molecule has 6 heteroatoms. The number of piperidine rings is 1. The van der Waals surface area contributed by atoms with Gasteiger partial charge in [-0.05, 0) is 29.2 Å². The number of rotatable bonds is 2. The molecule has 2 aromatic rings. The fraction of sp³-hybridized carbons (Fsp3) is 0.409. The molecule has 0 unspecified atom stereocenters. The number of ether oxygens (including phenoxy) is 1. The molecule has 0 N–H and O–H groups in total. The van der Waals surface area contributed by atoms with Gasteiger partial charge in [-0.15, -0.1) is 0 Å². The van der Waals surface area contributed by atoms with Gasteiger partial charge in [0.05, 0.1) is 10.5 Å². The first kappa shape index (κ1) is 19.2. The third kappa shape index (κ3) is 3.05. The highest BCUT2D eigenvalue weighted by Gasteiger charge is 2.48. The molecule has 2 aromatic carbocycles. The first-order chi connectivity index (χ1) is 13.1. The lowest BCUT2D eigenvalue weighted by atomic mass is 9.84. The summed E-state index contributed by atoms with van der Waals surface area (Å²) in [6.07, 6.45) is 0.935. The smallest absolute Gasteiger partial charge is 0.339 e. The minimum atomic E-state index is -3.57. The van der Waals surface area contributed by atoms with Crippen LogP contribution in [0.1, 0.15) is 55.1 Å². The summed E-state index contributed by atoms with van der Waals surface area (Å²) in [5.41, 5.74) is 1.84. The molecular formula is C22H25NO4S. The van der Waals surface area contributed by atoms with E-state index in [2.05, 4.69) is 20.8 Å². The zero-order valence-electron chi connectivity index (χ0n) is 16.4. The molecule has 1 fully saturated rings. The Labute approximate surface area is 166 Å². The molecule has 5 nitrogen and oxygen atoms in total. The summed E-state index contributed by atoms with van der Waals surface area (Å²) in [4.78, 5) is 12.5. The van der Waals surface area contributed by atoms with Gasteiger partial charge in [0.25, 0.3) is 0 Å². The lowest BCUT2D eigenvalue weighted by Gasteiger charge is -2.37. The maximum atomic E-state index is 13.1. The number of benzene rings is 2. The molecule has 0 radical (unpaired) electrons. The Balaban J connectivity index is 1.55. The summed E-state index contributed by atoms with van der Waals surface area (Å²) >= 11 is 0. The Hall–Kier alpha value is -2.18. The van der Waals surface area contributed by atoms with Crippen LogP contribution in [0.4, 0.5) is 0 Å². The number of fused-ring (bicyclic) bond motifs is 2. The van der Waals surface area contributed by atoms with Crippen molar-refractivity contribution in [1.82, 2.24) is 4.31 Å². The van der Waals surface area contributed by atoms with Crippen molar-refractivity contribution in [3.63, 3.8) is 0 Å². The second-order valence-corrected chi connectivity index (χ2v) is 10.5. The molecule has 0 aliphatic carbocycles. The van der Waals surface area contributed by atoms with Crippen LogP contribution in [0.5, 0.6) is 0 Å². The summed E-state index contributed by atoms with van der Waals surface area (Å²) in [5, 5.41) is 0. The van der Waals surface area contributed by atoms with E-state index >= 15 is 0 Å².